The Morgan fingerprint density at radius 1 is 1.50 bits per heavy atom. The zero-order chi connectivity index (χ0) is 10.1. The summed E-state index contributed by atoms with van der Waals surface area (Å²) >= 11 is 5.47. The van der Waals surface area contributed by atoms with Gasteiger partial charge >= 0.3 is 0 Å². The molecule has 0 saturated carbocycles. The molecule has 1 aromatic carbocycles. The molecule has 1 N–H and O–H groups in total. The lowest BCUT2D eigenvalue weighted by atomic mass is 10.0. The summed E-state index contributed by atoms with van der Waals surface area (Å²) in [7, 11) is 0. The Labute approximate surface area is 86.1 Å². The number of benzene rings is 1. The van der Waals surface area contributed by atoms with Crippen molar-refractivity contribution < 1.29 is 9.59 Å². The smallest absolute Gasteiger partial charge is 0.251 e. The Hall–Kier alpha value is -1.35. The number of carbonyl (C=O) groups is 2. The van der Waals surface area contributed by atoms with Crippen molar-refractivity contribution in [2.75, 3.05) is 5.88 Å². The van der Waals surface area contributed by atoms with Gasteiger partial charge in [0.15, 0.2) is 5.78 Å². The Morgan fingerprint density at radius 3 is 3.00 bits per heavy atom. The highest BCUT2D eigenvalue weighted by Crippen LogP contribution is 2.20. The van der Waals surface area contributed by atoms with Gasteiger partial charge in [-0.1, -0.05) is 12.1 Å². The van der Waals surface area contributed by atoms with Gasteiger partial charge in [-0.3, -0.25) is 9.59 Å². The minimum Gasteiger partial charge on any atom is -0.348 e. The van der Waals surface area contributed by atoms with Crippen molar-refractivity contribution in [2.45, 2.75) is 6.54 Å². The first-order chi connectivity index (χ1) is 6.74. The van der Waals surface area contributed by atoms with E-state index >= 15 is 0 Å². The Morgan fingerprint density at radius 2 is 2.29 bits per heavy atom. The molecule has 1 amide bonds. The number of carbonyl (C=O) groups excluding carboxylic acids is 2. The summed E-state index contributed by atoms with van der Waals surface area (Å²) in [6, 6.07) is 5.11. The van der Waals surface area contributed by atoms with Gasteiger partial charge in [0.05, 0.1) is 5.88 Å². The lowest BCUT2D eigenvalue weighted by Crippen LogP contribution is -2.12. The summed E-state index contributed by atoms with van der Waals surface area (Å²) in [6.45, 7) is 0.424. The van der Waals surface area contributed by atoms with Crippen LogP contribution in [-0.2, 0) is 6.54 Å². The summed E-state index contributed by atoms with van der Waals surface area (Å²) in [6.07, 6.45) is 0. The standard InChI is InChI=1S/C10H8ClNO2/c11-4-9(13)6-2-1-3-7-8(6)5-12-10(7)14/h1-3H,4-5H2,(H,12,14). The van der Waals surface area contributed by atoms with Gasteiger partial charge in [0.1, 0.15) is 0 Å². The third kappa shape index (κ3) is 1.30. The largest absolute Gasteiger partial charge is 0.348 e. The van der Waals surface area contributed by atoms with E-state index in [0.717, 1.165) is 5.56 Å². The lowest BCUT2D eigenvalue weighted by molar-refractivity contribution is 0.0964. The average Bonchev–Trinajstić information content (AvgIpc) is 2.59. The molecule has 1 aliphatic rings. The molecular formula is C10H8ClNO2. The van der Waals surface area contributed by atoms with Crippen LogP contribution in [0.25, 0.3) is 0 Å². The molecule has 2 rings (SSSR count). The molecule has 0 spiro atoms. The molecule has 14 heavy (non-hydrogen) atoms. The van der Waals surface area contributed by atoms with Crippen LogP contribution in [0.2, 0.25) is 0 Å². The maximum atomic E-state index is 11.4. The fourth-order valence-corrected chi connectivity index (χ4v) is 1.73. The molecule has 0 bridgehead atoms. The fourth-order valence-electron chi connectivity index (χ4n) is 1.59. The Kier molecular flexibility index (Phi) is 2.25. The first-order valence-electron chi connectivity index (χ1n) is 4.23. The molecule has 0 unspecified atom stereocenters. The minimum atomic E-state index is -0.139. The van der Waals surface area contributed by atoms with Crippen LogP contribution in [0.15, 0.2) is 18.2 Å². The number of fused-ring (bicyclic) bond motifs is 1. The van der Waals surface area contributed by atoms with Crippen molar-refractivity contribution in [2.24, 2.45) is 0 Å². The second-order valence-electron chi connectivity index (χ2n) is 3.07. The zero-order valence-electron chi connectivity index (χ0n) is 7.34. The number of amides is 1. The SMILES string of the molecule is O=C(CCl)c1cccc2c1CNC2=O. The van der Waals surface area contributed by atoms with Crippen molar-refractivity contribution >= 4 is 23.3 Å². The average molecular weight is 210 g/mol. The maximum Gasteiger partial charge on any atom is 0.251 e. The number of hydrogen-bond acceptors (Lipinski definition) is 2. The first kappa shape index (κ1) is 9.21. The van der Waals surface area contributed by atoms with E-state index in [0.29, 0.717) is 17.7 Å². The summed E-state index contributed by atoms with van der Waals surface area (Å²) in [5.41, 5.74) is 1.90. The van der Waals surface area contributed by atoms with Crippen LogP contribution in [0.5, 0.6) is 0 Å². The summed E-state index contributed by atoms with van der Waals surface area (Å²) in [5.74, 6) is -0.311. The second-order valence-corrected chi connectivity index (χ2v) is 3.34. The Balaban J connectivity index is 2.54. The van der Waals surface area contributed by atoms with Gasteiger partial charge in [0.25, 0.3) is 5.91 Å². The molecule has 0 atom stereocenters. The first-order valence-corrected chi connectivity index (χ1v) is 4.76. The fraction of sp³-hybridized carbons (Fsp3) is 0.200. The number of alkyl halides is 1. The molecule has 0 aliphatic carbocycles. The molecule has 1 aliphatic heterocycles. The number of nitrogens with one attached hydrogen (secondary N) is 1. The van der Waals surface area contributed by atoms with E-state index < -0.39 is 0 Å². The monoisotopic (exact) mass is 209 g/mol. The molecule has 1 aromatic rings. The van der Waals surface area contributed by atoms with Crippen LogP contribution in [0.4, 0.5) is 0 Å². The van der Waals surface area contributed by atoms with E-state index in [1.807, 2.05) is 0 Å². The quantitative estimate of drug-likeness (QED) is 0.591. The van der Waals surface area contributed by atoms with Gasteiger partial charge < -0.3 is 5.32 Å². The number of hydrogen-bond donors (Lipinski definition) is 1. The van der Waals surface area contributed by atoms with Crippen LogP contribution < -0.4 is 5.32 Å². The number of Topliss-reactive ketones (excluding diaryl/α,β-unsaturated/α-hetero) is 1. The zero-order valence-corrected chi connectivity index (χ0v) is 8.10. The third-order valence-electron chi connectivity index (χ3n) is 2.27. The van der Waals surface area contributed by atoms with E-state index in [2.05, 4.69) is 5.32 Å². The molecule has 0 saturated heterocycles. The highest BCUT2D eigenvalue weighted by molar-refractivity contribution is 6.30. The van der Waals surface area contributed by atoms with E-state index in [1.54, 1.807) is 18.2 Å². The molecule has 0 radical (unpaired) electrons. The summed E-state index contributed by atoms with van der Waals surface area (Å²) in [5, 5.41) is 2.67. The summed E-state index contributed by atoms with van der Waals surface area (Å²) < 4.78 is 0. The van der Waals surface area contributed by atoms with Crippen molar-refractivity contribution in [1.82, 2.24) is 5.32 Å². The minimum absolute atomic E-state index is 0.0509. The molecule has 4 heteroatoms. The highest BCUT2D eigenvalue weighted by atomic mass is 35.5. The second kappa shape index (κ2) is 3.42. The van der Waals surface area contributed by atoms with Gasteiger partial charge in [0.2, 0.25) is 0 Å². The van der Waals surface area contributed by atoms with E-state index in [-0.39, 0.29) is 17.6 Å². The van der Waals surface area contributed by atoms with Crippen molar-refractivity contribution in [3.05, 3.63) is 34.9 Å². The van der Waals surface area contributed by atoms with E-state index in [9.17, 15) is 9.59 Å². The van der Waals surface area contributed by atoms with E-state index in [1.165, 1.54) is 0 Å². The lowest BCUT2D eigenvalue weighted by Gasteiger charge is -2.02. The third-order valence-corrected chi connectivity index (χ3v) is 2.51. The van der Waals surface area contributed by atoms with Crippen LogP contribution in [0.3, 0.4) is 0 Å². The molecule has 0 fully saturated rings. The molecule has 3 nitrogen and oxygen atoms in total. The predicted molar refractivity (Wildman–Crippen MR) is 52.7 cm³/mol. The van der Waals surface area contributed by atoms with Gasteiger partial charge in [-0.25, -0.2) is 0 Å². The van der Waals surface area contributed by atoms with Crippen molar-refractivity contribution in [3.8, 4) is 0 Å². The van der Waals surface area contributed by atoms with Crippen molar-refractivity contribution in [1.29, 1.82) is 0 Å². The van der Waals surface area contributed by atoms with Crippen LogP contribution in [-0.4, -0.2) is 17.6 Å². The highest BCUT2D eigenvalue weighted by Gasteiger charge is 2.23. The van der Waals surface area contributed by atoms with Gasteiger partial charge in [-0.15, -0.1) is 11.6 Å². The Bertz CT molecular complexity index is 415. The van der Waals surface area contributed by atoms with Gasteiger partial charge in [-0.2, -0.15) is 0 Å². The molecule has 72 valence electrons. The molecule has 0 aromatic heterocycles. The van der Waals surface area contributed by atoms with Crippen LogP contribution in [0.1, 0.15) is 26.3 Å². The normalized spacial score (nSPS) is 13.6. The summed E-state index contributed by atoms with van der Waals surface area (Å²) in [4.78, 5) is 22.7. The van der Waals surface area contributed by atoms with Gasteiger partial charge in [-0.05, 0) is 11.6 Å². The van der Waals surface area contributed by atoms with Crippen LogP contribution >= 0.6 is 11.6 Å². The van der Waals surface area contributed by atoms with Gasteiger partial charge in [0, 0.05) is 17.7 Å². The number of rotatable bonds is 2. The predicted octanol–water partition coefficient (Wildman–Crippen LogP) is 1.35. The topological polar surface area (TPSA) is 46.2 Å². The van der Waals surface area contributed by atoms with E-state index in [4.69, 9.17) is 11.6 Å². The molecular weight excluding hydrogens is 202 g/mol. The van der Waals surface area contributed by atoms with Crippen molar-refractivity contribution in [3.63, 3.8) is 0 Å². The number of halogens is 1. The number of ketones is 1. The van der Waals surface area contributed by atoms with Crippen LogP contribution in [0, 0.1) is 0 Å². The molecule has 1 heterocycles. The maximum absolute atomic E-state index is 11.4.